The molecule has 0 amide bonds. The van der Waals surface area contributed by atoms with E-state index in [-0.39, 0.29) is 5.56 Å². The quantitative estimate of drug-likeness (QED) is 0.0272. The van der Waals surface area contributed by atoms with Crippen molar-refractivity contribution in [3.8, 4) is 0 Å². The van der Waals surface area contributed by atoms with Gasteiger partial charge in [-0.1, -0.05) is 30.3 Å². The molecule has 0 saturated carbocycles. The van der Waals surface area contributed by atoms with Gasteiger partial charge in [-0.05, 0) is 19.4 Å². The first-order valence-electron chi connectivity index (χ1n) is 31.2. The smallest absolute Gasteiger partial charge is 0.397 e. The average molecular weight is 1880 g/mol. The molecule has 7 rings (SSSR count). The average Bonchev–Trinajstić information content (AvgIpc) is 0.758. The Hall–Kier alpha value is -4.30. The number of carboxylic acids is 3. The summed E-state index contributed by atoms with van der Waals surface area (Å²) in [4.78, 5) is 39.5. The molecule has 21 N–H and O–H groups in total. The predicted octanol–water partition coefficient (Wildman–Crippen LogP) is -13.0. The molecule has 6 fully saturated rings. The second-order valence-corrected chi connectivity index (χ2v) is 34.7. The molecule has 0 bridgehead atoms. The molecule has 0 spiro atoms. The topological polar surface area (TPSA) is 934 Å². The number of aliphatic hydroxyl groups is 6. The summed E-state index contributed by atoms with van der Waals surface area (Å²) in [6, 6.07) is -1.76. The number of benzene rings is 1. The largest absolute Gasteiger partial charge is 0.479 e. The minimum atomic E-state index is -6.35. The third-order valence-electron chi connectivity index (χ3n) is 16.2. The number of aliphatic carboxylic acids is 3. The van der Waals surface area contributed by atoms with Crippen LogP contribution in [0.15, 0.2) is 30.3 Å². The molecule has 70 heteroatoms. The van der Waals surface area contributed by atoms with Crippen LogP contribution in [0.1, 0.15) is 19.4 Å². The molecular weight excluding hydrogens is 1810 g/mol. The fourth-order valence-electron chi connectivity index (χ4n) is 11.8. The fourth-order valence-corrected chi connectivity index (χ4v) is 15.9. The summed E-state index contributed by atoms with van der Waals surface area (Å²) in [6.45, 7) is -3.66. The molecule has 1 aromatic rings. The minimum Gasteiger partial charge on any atom is -0.479 e. The molecule has 672 valence electrons. The van der Waals surface area contributed by atoms with Crippen molar-refractivity contribution in [2.45, 2.75) is 211 Å². The maximum atomic E-state index is 13.4. The zero-order valence-electron chi connectivity index (χ0n) is 57.2. The monoisotopic (exact) mass is 1880 g/mol. The first-order chi connectivity index (χ1) is 52.9. The van der Waals surface area contributed by atoms with E-state index in [4.69, 9.17) is 70.3 Å². The maximum Gasteiger partial charge on any atom is 0.397 e. The number of hydrogen-bond donors (Lipinski definition) is 21. The lowest BCUT2D eigenvalue weighted by atomic mass is 9.94. The van der Waals surface area contributed by atoms with Crippen LogP contribution >= 0.6 is 0 Å². The van der Waals surface area contributed by atoms with Gasteiger partial charge < -0.3 is 108 Å². The molecule has 6 aliphatic heterocycles. The van der Waals surface area contributed by atoms with Gasteiger partial charge in [0.2, 0.25) is 0 Å². The van der Waals surface area contributed by atoms with Gasteiger partial charge in [-0.3, -0.25) is 41.0 Å². The van der Waals surface area contributed by atoms with E-state index in [1.165, 1.54) is 53.6 Å². The first-order valence-corrected chi connectivity index (χ1v) is 43.7. The molecule has 116 heavy (non-hydrogen) atoms. The van der Waals surface area contributed by atoms with Crippen LogP contribution in [-0.2, 0) is 201 Å². The second-order valence-electron chi connectivity index (χ2n) is 24.8. The van der Waals surface area contributed by atoms with E-state index in [9.17, 15) is 173 Å². The summed E-state index contributed by atoms with van der Waals surface area (Å²) in [6.07, 6.45) is -81.2. The Morgan fingerprint density at radius 1 is 0.353 bits per heavy atom. The lowest BCUT2D eigenvalue weighted by Crippen LogP contribution is -2.71. The van der Waals surface area contributed by atoms with Gasteiger partial charge in [0.25, 0.3) is 0 Å². The summed E-state index contributed by atoms with van der Waals surface area (Å²) in [5.74, 6) is -7.23. The highest BCUT2D eigenvalue weighted by molar-refractivity contribution is 7.84. The van der Waals surface area contributed by atoms with Crippen molar-refractivity contribution in [1.29, 1.82) is 0 Å². The van der Waals surface area contributed by atoms with Crippen molar-refractivity contribution in [3.63, 3.8) is 0 Å². The number of rotatable bonds is 39. The van der Waals surface area contributed by atoms with Gasteiger partial charge in [0.05, 0.1) is 32.5 Å². The summed E-state index contributed by atoms with van der Waals surface area (Å²) < 4.78 is 412. The van der Waals surface area contributed by atoms with Gasteiger partial charge in [-0.15, -0.1) is 0 Å². The first kappa shape index (κ1) is 98.8. The summed E-state index contributed by atoms with van der Waals surface area (Å²) in [7, 11) is -53.5. The van der Waals surface area contributed by atoms with Crippen molar-refractivity contribution < 1.29 is 264 Å². The van der Waals surface area contributed by atoms with E-state index in [1.807, 2.05) is 0 Å². The lowest BCUT2D eigenvalue weighted by Gasteiger charge is -2.50. The minimum absolute atomic E-state index is 0.172. The Bertz CT molecular complexity index is 4640. The normalized spacial score (nSPS) is 37.0. The van der Waals surface area contributed by atoms with Crippen molar-refractivity contribution >= 4 is 111 Å². The van der Waals surface area contributed by atoms with Gasteiger partial charge in [-0.25, -0.2) is 39.5 Å². The molecule has 1 aromatic carbocycles. The number of carbonyl (C=O) groups is 3. The van der Waals surface area contributed by atoms with E-state index in [2.05, 4.69) is 20.9 Å². The Morgan fingerprint density at radius 2 is 0.664 bits per heavy atom. The SMILES string of the molecule is CC(C)O[C@@H]1O[C@@H](C(=O)O)[C@@H](O[C@H]2O[C@H](COS(=O)(=O)O)[C@@H](O[C@@H]3O[C@@H](C(=O)O)[C@@H](O[C@H]4O[C@H](COS(=O)(=O)O)[C@@H](O[C@@H]5O[C@@H](C(=O)O)[C@@H](O[C@H]6O[C@H](COS(=O)(=O)O)[C@@H](O)[C@H](O)[C@H]6NS(=O)(=O)O)[C@H](O)[C@H]5OS(=O)(=O)O)[C@H](O)[C@H]4NS(=O)(=O)O)[C@H](O)[C@H]3OS(=O)(=O)O)[C@H](O)[C@H]2NS(=O)(=O)O)[C@H](OCc2ccccc2)[C@H]1OS(=O)(=O)O. The number of carboxylic acid groups (broad SMARTS) is 3. The van der Waals surface area contributed by atoms with Gasteiger partial charge in [-0.2, -0.15) is 89.9 Å². The molecule has 0 aliphatic carbocycles. The van der Waals surface area contributed by atoms with Gasteiger partial charge in [0.15, 0.2) is 74.4 Å². The van der Waals surface area contributed by atoms with Crippen LogP contribution in [0.2, 0.25) is 0 Å². The van der Waals surface area contributed by atoms with Crippen LogP contribution in [0.5, 0.6) is 0 Å². The third-order valence-corrected chi connectivity index (χ3v) is 20.6. The van der Waals surface area contributed by atoms with Crippen molar-refractivity contribution in [3.05, 3.63) is 35.9 Å². The Kier molecular flexibility index (Phi) is 32.9. The third kappa shape index (κ3) is 28.7. The van der Waals surface area contributed by atoms with E-state index < -0.39 is 328 Å². The fraction of sp³-hybridized carbons (Fsp3) is 0.804. The number of nitrogens with one attached hydrogen (secondary N) is 3. The van der Waals surface area contributed by atoms with Crippen LogP contribution in [0, 0.1) is 0 Å². The van der Waals surface area contributed by atoms with Crippen molar-refractivity contribution in [1.82, 2.24) is 14.2 Å². The van der Waals surface area contributed by atoms with Gasteiger partial charge in [0.1, 0.15) is 110 Å². The summed E-state index contributed by atoms with van der Waals surface area (Å²) in [5, 5.41) is 101. The van der Waals surface area contributed by atoms with E-state index in [0.29, 0.717) is 0 Å². The standard InChI is InChI=1S/C46H71N3O58S9/c1-12(2)93-46-37(107-116(86,87)88)32(89-8-13-6-4-3-5-7-13)33(36(104-46)40(60)61)101-43-19(49-110(68,69)70)23(53)27(16(96-43)11-92-113(77,78)79)98-45-31(106-115(83,84)85)25(55)29(35(103-45)39(58)59)100-42-18(48-109(65,66)67)22(52)26(15(95-42)10-91-112(74,75)76)97-44-30(105-114(80,81)82)24(54)28(34(102-44)38(56)57)99-41-17(47-108(62,63)64)21(51)20(50)14(94-41)9-90-111(71,72)73/h3-7,12,14-37,41-55H,8-11H2,1-2H3,(H,56,57)(H,58,59)(H,60,61)(H,62,63,64)(H,65,66,67)(H,68,69,70)(H,71,72,73)(H,74,75,76)(H,77,78,79)(H,80,81,82)(H,83,84,85)(H,86,87,88)/t14-,15-,16-,17-,18-,19-,20-,21-,22-,23-,24+,25+,26-,27-,28+,29+,30-,31-,32+,33+,34-,35-,36-,37-,41-,42-,43-,44-,45-,46-/m1/s1. The van der Waals surface area contributed by atoms with Gasteiger partial charge >= 0.3 is 111 Å². The van der Waals surface area contributed by atoms with E-state index in [1.54, 1.807) is 0 Å². The van der Waals surface area contributed by atoms with Crippen LogP contribution in [-0.4, -0.2) is 391 Å². The number of hydrogen-bond acceptors (Lipinski definition) is 46. The summed E-state index contributed by atoms with van der Waals surface area (Å²) >= 11 is 0. The number of ether oxygens (including phenoxy) is 13. The Morgan fingerprint density at radius 3 is 1.00 bits per heavy atom. The van der Waals surface area contributed by atoms with Crippen LogP contribution in [0.3, 0.4) is 0 Å². The zero-order chi connectivity index (χ0) is 87.6. The second kappa shape index (κ2) is 38.6. The molecular formula is C46H71N3O58S9. The molecule has 0 radical (unpaired) electrons. The van der Waals surface area contributed by atoms with Crippen molar-refractivity contribution in [2.75, 3.05) is 19.8 Å². The van der Waals surface area contributed by atoms with E-state index in [0.717, 1.165) is 4.72 Å². The van der Waals surface area contributed by atoms with Crippen molar-refractivity contribution in [2.24, 2.45) is 0 Å². The van der Waals surface area contributed by atoms with Crippen LogP contribution in [0.4, 0.5) is 0 Å². The van der Waals surface area contributed by atoms with E-state index >= 15 is 0 Å². The highest BCUT2D eigenvalue weighted by Gasteiger charge is 2.63. The van der Waals surface area contributed by atoms with Gasteiger partial charge in [0, 0.05) is 0 Å². The van der Waals surface area contributed by atoms with Crippen LogP contribution in [0.25, 0.3) is 0 Å². The summed E-state index contributed by atoms with van der Waals surface area (Å²) in [5.41, 5.74) is 0.172. The Balaban J connectivity index is 1.28. The Labute approximate surface area is 652 Å². The maximum absolute atomic E-state index is 13.4. The molecule has 0 unspecified atom stereocenters. The molecule has 6 aliphatic rings. The molecule has 6 heterocycles. The molecule has 0 aromatic heterocycles. The molecule has 30 atom stereocenters. The molecule has 6 saturated heterocycles. The highest BCUT2D eigenvalue weighted by atomic mass is 32.3. The van der Waals surface area contributed by atoms with Crippen LogP contribution < -0.4 is 14.2 Å². The molecule has 61 nitrogen and oxygen atoms in total. The lowest BCUT2D eigenvalue weighted by molar-refractivity contribution is -0.376. The zero-order valence-corrected chi connectivity index (χ0v) is 64.5. The number of aliphatic hydroxyl groups excluding tert-OH is 6. The predicted molar refractivity (Wildman–Crippen MR) is 344 cm³/mol. The highest BCUT2D eigenvalue weighted by Crippen LogP contribution is 2.41.